The van der Waals surface area contributed by atoms with E-state index >= 15 is 0 Å². The number of aromatic nitrogens is 1. The Hall–Kier alpha value is -6.30. The molecule has 0 spiro atoms. The fourth-order valence-electron chi connectivity index (χ4n) is 6.62. The first-order valence-electron chi connectivity index (χ1n) is 14.0. The van der Waals surface area contributed by atoms with E-state index in [2.05, 4.69) is 59.2 Å². The molecule has 0 radical (unpaired) electrons. The Morgan fingerprint density at radius 3 is 2.16 bits per heavy atom. The van der Waals surface area contributed by atoms with Gasteiger partial charge in [-0.1, -0.05) is 48.5 Å². The van der Waals surface area contributed by atoms with Gasteiger partial charge in [0.1, 0.15) is 22.3 Å². The van der Waals surface area contributed by atoms with Gasteiger partial charge in [-0.2, -0.15) is 10.5 Å². The Morgan fingerprint density at radius 2 is 1.30 bits per heavy atom. The SMILES string of the molecule is N#Cc1ccc2oc3ccc(-c4c(C#N)cccc4-n4c5ccccc5c5c6oc7ccccc7c6ccc54)cc3c2c1. The second-order valence-corrected chi connectivity index (χ2v) is 10.7. The molecule has 9 aromatic rings. The third kappa shape index (κ3) is 3.19. The molecule has 0 saturated heterocycles. The number of fused-ring (bicyclic) bond motifs is 10. The highest BCUT2D eigenvalue weighted by Gasteiger charge is 2.22. The van der Waals surface area contributed by atoms with Crippen LogP contribution >= 0.6 is 0 Å². The first kappa shape index (κ1) is 23.4. The van der Waals surface area contributed by atoms with Crippen LogP contribution in [-0.2, 0) is 0 Å². The van der Waals surface area contributed by atoms with E-state index in [1.165, 1.54) is 0 Å². The van der Waals surface area contributed by atoms with Crippen molar-refractivity contribution in [3.05, 3.63) is 126 Å². The second-order valence-electron chi connectivity index (χ2n) is 10.7. The summed E-state index contributed by atoms with van der Waals surface area (Å²) in [5, 5.41) is 25.9. The van der Waals surface area contributed by atoms with Gasteiger partial charge in [0.15, 0.2) is 0 Å². The summed E-state index contributed by atoms with van der Waals surface area (Å²) >= 11 is 0. The molecule has 0 aliphatic carbocycles. The summed E-state index contributed by atoms with van der Waals surface area (Å²) in [6.07, 6.45) is 0. The predicted molar refractivity (Wildman–Crippen MR) is 170 cm³/mol. The second kappa shape index (κ2) is 8.60. The van der Waals surface area contributed by atoms with Crippen molar-refractivity contribution in [2.45, 2.75) is 0 Å². The third-order valence-electron chi connectivity index (χ3n) is 8.47. The van der Waals surface area contributed by atoms with Gasteiger partial charge in [0.05, 0.1) is 45.4 Å². The Morgan fingerprint density at radius 1 is 0.535 bits per heavy atom. The highest BCUT2D eigenvalue weighted by atomic mass is 16.3. The van der Waals surface area contributed by atoms with Crippen LogP contribution in [0.25, 0.3) is 82.5 Å². The topological polar surface area (TPSA) is 78.8 Å². The molecule has 0 aliphatic rings. The molecule has 0 amide bonds. The summed E-state index contributed by atoms with van der Waals surface area (Å²) in [6, 6.07) is 42.7. The Kier molecular flexibility index (Phi) is 4.68. The van der Waals surface area contributed by atoms with Crippen molar-refractivity contribution >= 4 is 65.7 Å². The van der Waals surface area contributed by atoms with Crippen LogP contribution in [-0.4, -0.2) is 4.57 Å². The fraction of sp³-hybridized carbons (Fsp3) is 0. The quantitative estimate of drug-likeness (QED) is 0.215. The zero-order chi connectivity index (χ0) is 28.7. The van der Waals surface area contributed by atoms with Crippen molar-refractivity contribution in [1.82, 2.24) is 4.57 Å². The van der Waals surface area contributed by atoms with E-state index in [1.807, 2.05) is 66.7 Å². The molecule has 9 rings (SSSR count). The summed E-state index contributed by atoms with van der Waals surface area (Å²) in [5.41, 5.74) is 8.93. The first-order valence-corrected chi connectivity index (χ1v) is 14.0. The maximum Gasteiger partial charge on any atom is 0.145 e. The summed E-state index contributed by atoms with van der Waals surface area (Å²) in [5.74, 6) is 0. The number of para-hydroxylation sites is 2. The minimum Gasteiger partial charge on any atom is -0.456 e. The van der Waals surface area contributed by atoms with Crippen molar-refractivity contribution in [3.63, 3.8) is 0 Å². The first-order chi connectivity index (χ1) is 21.2. The number of hydrogen-bond donors (Lipinski definition) is 0. The van der Waals surface area contributed by atoms with Gasteiger partial charge in [-0.25, -0.2) is 0 Å². The van der Waals surface area contributed by atoms with Crippen molar-refractivity contribution in [2.24, 2.45) is 0 Å². The summed E-state index contributed by atoms with van der Waals surface area (Å²) in [7, 11) is 0. The van der Waals surface area contributed by atoms with Crippen molar-refractivity contribution in [2.75, 3.05) is 0 Å². The molecular formula is C38H19N3O2. The van der Waals surface area contributed by atoms with Crippen molar-refractivity contribution in [3.8, 4) is 29.0 Å². The standard InChI is InChI=1S/C38H19N3O2/c39-20-22-12-16-34-28(18-22)29-19-23(13-17-35(29)42-34)36-24(21-40)6-5-10-31(36)41-30-9-3-1-8-27(30)37-32(41)15-14-26-25-7-2-4-11-33(25)43-38(26)37/h1-19H. The zero-order valence-electron chi connectivity index (χ0n) is 22.6. The lowest BCUT2D eigenvalue weighted by molar-refractivity contribution is 0.669. The molecule has 6 aromatic carbocycles. The monoisotopic (exact) mass is 549 g/mol. The molecule has 0 N–H and O–H groups in total. The van der Waals surface area contributed by atoms with Gasteiger partial charge in [0, 0.05) is 32.5 Å². The third-order valence-corrected chi connectivity index (χ3v) is 8.47. The van der Waals surface area contributed by atoms with Crippen molar-refractivity contribution in [1.29, 1.82) is 10.5 Å². The number of nitriles is 2. The van der Waals surface area contributed by atoms with Gasteiger partial charge in [0.25, 0.3) is 0 Å². The molecule has 5 heteroatoms. The predicted octanol–water partition coefficient (Wildman–Crippen LogP) is 9.99. The molecule has 3 heterocycles. The molecule has 0 atom stereocenters. The Labute approximate surface area is 244 Å². The highest BCUT2D eigenvalue weighted by Crippen LogP contribution is 2.43. The molecule has 5 nitrogen and oxygen atoms in total. The lowest BCUT2D eigenvalue weighted by Crippen LogP contribution is -1.99. The summed E-state index contributed by atoms with van der Waals surface area (Å²) in [4.78, 5) is 0. The van der Waals surface area contributed by atoms with Crippen LogP contribution in [0.4, 0.5) is 0 Å². The van der Waals surface area contributed by atoms with Crippen LogP contribution < -0.4 is 0 Å². The van der Waals surface area contributed by atoms with Gasteiger partial charge in [0.2, 0.25) is 0 Å². The molecule has 0 bridgehead atoms. The molecule has 3 aromatic heterocycles. The van der Waals surface area contributed by atoms with Gasteiger partial charge >= 0.3 is 0 Å². The minimum absolute atomic E-state index is 0.568. The van der Waals surface area contributed by atoms with E-state index < -0.39 is 0 Å². The Balaban J connectivity index is 1.39. The maximum atomic E-state index is 10.3. The fourth-order valence-corrected chi connectivity index (χ4v) is 6.62. The highest BCUT2D eigenvalue weighted by molar-refractivity contribution is 6.24. The van der Waals surface area contributed by atoms with Crippen LogP contribution in [0.2, 0.25) is 0 Å². The van der Waals surface area contributed by atoms with Crippen LogP contribution in [0.1, 0.15) is 11.1 Å². The number of furan rings is 2. The summed E-state index contributed by atoms with van der Waals surface area (Å²) < 4.78 is 14.8. The largest absolute Gasteiger partial charge is 0.456 e. The van der Waals surface area contributed by atoms with E-state index in [-0.39, 0.29) is 0 Å². The van der Waals surface area contributed by atoms with E-state index in [1.54, 1.807) is 6.07 Å². The van der Waals surface area contributed by atoms with Gasteiger partial charge in [-0.3, -0.25) is 0 Å². The van der Waals surface area contributed by atoms with Crippen LogP contribution in [0.15, 0.2) is 124 Å². The normalized spacial score (nSPS) is 11.7. The molecular weight excluding hydrogens is 530 g/mol. The molecule has 0 aliphatic heterocycles. The van der Waals surface area contributed by atoms with Crippen LogP contribution in [0.5, 0.6) is 0 Å². The van der Waals surface area contributed by atoms with E-state index in [0.29, 0.717) is 11.1 Å². The lowest BCUT2D eigenvalue weighted by atomic mass is 9.96. The van der Waals surface area contributed by atoms with Crippen molar-refractivity contribution < 1.29 is 8.83 Å². The summed E-state index contributed by atoms with van der Waals surface area (Å²) in [6.45, 7) is 0. The van der Waals surface area contributed by atoms with Gasteiger partial charge < -0.3 is 13.4 Å². The number of nitrogens with zero attached hydrogens (tertiary/aromatic N) is 3. The van der Waals surface area contributed by atoms with E-state index in [9.17, 15) is 10.5 Å². The average Bonchev–Trinajstić information content (AvgIpc) is 3.73. The minimum atomic E-state index is 0.568. The zero-order valence-corrected chi connectivity index (χ0v) is 22.6. The van der Waals surface area contributed by atoms with E-state index in [0.717, 1.165) is 82.5 Å². The molecule has 0 fully saturated rings. The molecule has 0 saturated carbocycles. The number of hydrogen-bond acceptors (Lipinski definition) is 4. The Bertz CT molecular complexity index is 2710. The maximum absolute atomic E-state index is 10.3. The number of rotatable bonds is 2. The lowest BCUT2D eigenvalue weighted by Gasteiger charge is -2.15. The molecule has 43 heavy (non-hydrogen) atoms. The average molecular weight is 550 g/mol. The van der Waals surface area contributed by atoms with Crippen LogP contribution in [0.3, 0.4) is 0 Å². The van der Waals surface area contributed by atoms with Crippen LogP contribution in [0, 0.1) is 22.7 Å². The number of benzene rings is 6. The molecule has 198 valence electrons. The van der Waals surface area contributed by atoms with E-state index in [4.69, 9.17) is 8.83 Å². The van der Waals surface area contributed by atoms with Gasteiger partial charge in [-0.15, -0.1) is 0 Å². The molecule has 0 unspecified atom stereocenters. The van der Waals surface area contributed by atoms with Gasteiger partial charge in [-0.05, 0) is 72.3 Å². The smallest absolute Gasteiger partial charge is 0.145 e.